The number of carbonyl (C=O) groups excluding carboxylic acids is 1. The van der Waals surface area contributed by atoms with Crippen molar-refractivity contribution in [2.75, 3.05) is 0 Å². The molecule has 3 N–H and O–H groups in total. The van der Waals surface area contributed by atoms with Crippen LogP contribution in [0.25, 0.3) is 0 Å². The second-order valence-corrected chi connectivity index (χ2v) is 3.20. The maximum atomic E-state index is 11.6. The van der Waals surface area contributed by atoms with E-state index in [-0.39, 0.29) is 5.91 Å². The second kappa shape index (κ2) is 3.95. The van der Waals surface area contributed by atoms with E-state index in [0.717, 1.165) is 11.3 Å². The van der Waals surface area contributed by atoms with Crippen LogP contribution < -0.4 is 5.32 Å². The molecule has 0 aliphatic carbocycles. The first kappa shape index (κ1) is 9.45. The Bertz CT molecular complexity index is 445. The summed E-state index contributed by atoms with van der Waals surface area (Å²) in [5, 5.41) is 15.7. The number of aryl methyl sites for hydroxylation is 1. The zero-order chi connectivity index (χ0) is 10.7. The fourth-order valence-electron chi connectivity index (χ4n) is 1.23. The third-order valence-corrected chi connectivity index (χ3v) is 2.08. The third kappa shape index (κ3) is 2.04. The molecule has 1 amide bonds. The molecule has 0 aliphatic heterocycles. The van der Waals surface area contributed by atoms with Gasteiger partial charge in [0, 0.05) is 24.0 Å². The number of hydrogen-bond donors (Lipinski definition) is 3. The molecule has 0 fully saturated rings. The average molecular weight is 205 g/mol. The maximum absolute atomic E-state index is 11.6. The highest BCUT2D eigenvalue weighted by Gasteiger charge is 2.09. The molecule has 0 radical (unpaired) electrons. The first-order chi connectivity index (χ1) is 7.27. The van der Waals surface area contributed by atoms with Gasteiger partial charge in [0.25, 0.3) is 5.91 Å². The molecule has 2 aromatic heterocycles. The van der Waals surface area contributed by atoms with Gasteiger partial charge in [0.2, 0.25) is 0 Å². The molecule has 2 heterocycles. The number of rotatable bonds is 3. The molecule has 15 heavy (non-hydrogen) atoms. The van der Waals surface area contributed by atoms with E-state index < -0.39 is 0 Å². The lowest BCUT2D eigenvalue weighted by Gasteiger charge is -2.01. The van der Waals surface area contributed by atoms with Gasteiger partial charge >= 0.3 is 0 Å². The van der Waals surface area contributed by atoms with Crippen molar-refractivity contribution in [2.24, 2.45) is 0 Å². The Morgan fingerprint density at radius 1 is 1.47 bits per heavy atom. The molecule has 0 atom stereocenters. The Balaban J connectivity index is 1.96. The minimum absolute atomic E-state index is 0.137. The van der Waals surface area contributed by atoms with Crippen molar-refractivity contribution < 1.29 is 4.79 Å². The summed E-state index contributed by atoms with van der Waals surface area (Å²) in [5.74, 6) is -0.137. The molecule has 2 rings (SSSR count). The highest BCUT2D eigenvalue weighted by Crippen LogP contribution is 2.02. The van der Waals surface area contributed by atoms with Gasteiger partial charge < -0.3 is 5.32 Å². The highest BCUT2D eigenvalue weighted by molar-refractivity contribution is 5.94. The number of aromatic nitrogens is 4. The summed E-state index contributed by atoms with van der Waals surface area (Å²) in [4.78, 5) is 11.6. The summed E-state index contributed by atoms with van der Waals surface area (Å²) < 4.78 is 0. The van der Waals surface area contributed by atoms with Crippen molar-refractivity contribution >= 4 is 5.91 Å². The molecule has 0 saturated carbocycles. The van der Waals surface area contributed by atoms with E-state index in [2.05, 4.69) is 25.7 Å². The number of H-pyrrole nitrogens is 2. The standard InChI is InChI=1S/C9H11N5O/c1-6-8(5-13-14-6)9(15)10-2-7-3-11-12-4-7/h3-5H,2H2,1H3,(H,10,15)(H,11,12)(H,13,14). The Hall–Kier alpha value is -2.11. The minimum atomic E-state index is -0.137. The summed E-state index contributed by atoms with van der Waals surface area (Å²) in [6.45, 7) is 2.26. The van der Waals surface area contributed by atoms with Crippen LogP contribution in [0.3, 0.4) is 0 Å². The van der Waals surface area contributed by atoms with Gasteiger partial charge in [-0.2, -0.15) is 10.2 Å². The number of nitrogens with one attached hydrogen (secondary N) is 3. The maximum Gasteiger partial charge on any atom is 0.255 e. The van der Waals surface area contributed by atoms with E-state index in [4.69, 9.17) is 0 Å². The van der Waals surface area contributed by atoms with Gasteiger partial charge in [-0.3, -0.25) is 15.0 Å². The topological polar surface area (TPSA) is 86.5 Å². The lowest BCUT2D eigenvalue weighted by atomic mass is 10.2. The van der Waals surface area contributed by atoms with Crippen molar-refractivity contribution in [3.63, 3.8) is 0 Å². The van der Waals surface area contributed by atoms with Crippen molar-refractivity contribution in [1.82, 2.24) is 25.7 Å². The molecule has 0 spiro atoms. The molecule has 2 aromatic rings. The van der Waals surface area contributed by atoms with Crippen LogP contribution in [0.15, 0.2) is 18.6 Å². The van der Waals surface area contributed by atoms with Gasteiger partial charge in [-0.1, -0.05) is 0 Å². The van der Waals surface area contributed by atoms with Crippen molar-refractivity contribution in [3.8, 4) is 0 Å². The SMILES string of the molecule is Cc1[nH]ncc1C(=O)NCc1cn[nH]c1. The largest absolute Gasteiger partial charge is 0.348 e. The van der Waals surface area contributed by atoms with E-state index in [1.54, 1.807) is 19.3 Å². The van der Waals surface area contributed by atoms with Crippen LogP contribution in [0.5, 0.6) is 0 Å². The Morgan fingerprint density at radius 3 is 2.93 bits per heavy atom. The zero-order valence-corrected chi connectivity index (χ0v) is 8.24. The monoisotopic (exact) mass is 205 g/mol. The lowest BCUT2D eigenvalue weighted by molar-refractivity contribution is 0.0950. The summed E-state index contributed by atoms with van der Waals surface area (Å²) in [6, 6.07) is 0. The van der Waals surface area contributed by atoms with Crippen LogP contribution in [0.1, 0.15) is 21.6 Å². The summed E-state index contributed by atoms with van der Waals surface area (Å²) in [5.41, 5.74) is 2.27. The van der Waals surface area contributed by atoms with Crippen LogP contribution in [0.2, 0.25) is 0 Å². The first-order valence-corrected chi connectivity index (χ1v) is 4.53. The number of carbonyl (C=O) groups is 1. The average Bonchev–Trinajstić information content (AvgIpc) is 2.84. The smallest absolute Gasteiger partial charge is 0.255 e. The Labute approximate surface area is 86.1 Å². The zero-order valence-electron chi connectivity index (χ0n) is 8.24. The molecule has 0 aromatic carbocycles. The van der Waals surface area contributed by atoms with E-state index in [0.29, 0.717) is 12.1 Å². The molecule has 0 unspecified atom stereocenters. The van der Waals surface area contributed by atoms with Gasteiger partial charge in [0.15, 0.2) is 0 Å². The summed E-state index contributed by atoms with van der Waals surface area (Å²) >= 11 is 0. The number of amides is 1. The van der Waals surface area contributed by atoms with Crippen LogP contribution in [0, 0.1) is 6.92 Å². The van der Waals surface area contributed by atoms with E-state index >= 15 is 0 Å². The fraction of sp³-hybridized carbons (Fsp3) is 0.222. The number of aromatic amines is 2. The summed E-state index contributed by atoms with van der Waals surface area (Å²) in [6.07, 6.45) is 4.92. The second-order valence-electron chi connectivity index (χ2n) is 3.20. The van der Waals surface area contributed by atoms with Crippen LogP contribution in [-0.4, -0.2) is 26.3 Å². The van der Waals surface area contributed by atoms with Crippen LogP contribution in [0.4, 0.5) is 0 Å². The minimum Gasteiger partial charge on any atom is -0.348 e. The van der Waals surface area contributed by atoms with Crippen molar-refractivity contribution in [3.05, 3.63) is 35.4 Å². The van der Waals surface area contributed by atoms with Gasteiger partial charge in [0.05, 0.1) is 18.0 Å². The Kier molecular flexibility index (Phi) is 2.49. The number of hydrogen-bond acceptors (Lipinski definition) is 3. The molecule has 0 saturated heterocycles. The predicted octanol–water partition coefficient (Wildman–Crippen LogP) is 0.371. The number of nitrogens with zero attached hydrogens (tertiary/aromatic N) is 2. The van der Waals surface area contributed by atoms with Crippen molar-refractivity contribution in [2.45, 2.75) is 13.5 Å². The van der Waals surface area contributed by atoms with Crippen LogP contribution in [-0.2, 0) is 6.54 Å². The Morgan fingerprint density at radius 2 is 2.33 bits per heavy atom. The van der Waals surface area contributed by atoms with Crippen molar-refractivity contribution in [1.29, 1.82) is 0 Å². The van der Waals surface area contributed by atoms with Gasteiger partial charge in [-0.15, -0.1) is 0 Å². The van der Waals surface area contributed by atoms with E-state index in [1.807, 2.05) is 0 Å². The molecule has 78 valence electrons. The van der Waals surface area contributed by atoms with Gasteiger partial charge in [-0.25, -0.2) is 0 Å². The molecular weight excluding hydrogens is 194 g/mol. The fourth-order valence-corrected chi connectivity index (χ4v) is 1.23. The lowest BCUT2D eigenvalue weighted by Crippen LogP contribution is -2.22. The molecule has 6 heteroatoms. The molecule has 0 bridgehead atoms. The molecule has 0 aliphatic rings. The van der Waals surface area contributed by atoms with E-state index in [1.165, 1.54) is 6.20 Å². The van der Waals surface area contributed by atoms with Gasteiger partial charge in [-0.05, 0) is 6.92 Å². The van der Waals surface area contributed by atoms with Gasteiger partial charge in [0.1, 0.15) is 0 Å². The first-order valence-electron chi connectivity index (χ1n) is 4.53. The molecule has 6 nitrogen and oxygen atoms in total. The normalized spacial score (nSPS) is 10.2. The quantitative estimate of drug-likeness (QED) is 0.676. The highest BCUT2D eigenvalue weighted by atomic mass is 16.1. The molecular formula is C9H11N5O. The third-order valence-electron chi connectivity index (χ3n) is 2.08. The van der Waals surface area contributed by atoms with E-state index in [9.17, 15) is 4.79 Å². The van der Waals surface area contributed by atoms with Crippen LogP contribution >= 0.6 is 0 Å². The predicted molar refractivity (Wildman–Crippen MR) is 53.1 cm³/mol. The summed E-state index contributed by atoms with van der Waals surface area (Å²) in [7, 11) is 0.